The molecule has 2 rings (SSSR count). The third-order valence-corrected chi connectivity index (χ3v) is 7.27. The van der Waals surface area contributed by atoms with E-state index in [2.05, 4.69) is 51.7 Å². The summed E-state index contributed by atoms with van der Waals surface area (Å²) in [5, 5.41) is 6.59. The van der Waals surface area contributed by atoms with Crippen molar-refractivity contribution in [2.75, 3.05) is 39.0 Å². The molecule has 0 aromatic heterocycles. The van der Waals surface area contributed by atoms with Crippen LogP contribution in [0.25, 0.3) is 0 Å². The smallest absolute Gasteiger partial charge is 0.215 e. The minimum Gasteiger partial charge on any atom is -0.355 e. The van der Waals surface area contributed by atoms with E-state index in [9.17, 15) is 8.42 Å². The van der Waals surface area contributed by atoms with Crippen LogP contribution < -0.4 is 10.6 Å². The third kappa shape index (κ3) is 8.03. The van der Waals surface area contributed by atoms with Crippen molar-refractivity contribution in [3.05, 3.63) is 35.9 Å². The maximum atomic E-state index is 12.3. The predicted molar refractivity (Wildman–Crippen MR) is 131 cm³/mol. The number of halogens is 1. The van der Waals surface area contributed by atoms with Gasteiger partial charge in [0.1, 0.15) is 0 Å². The largest absolute Gasteiger partial charge is 0.355 e. The monoisotopic (exact) mass is 537 g/mol. The highest BCUT2D eigenvalue weighted by atomic mass is 127. The molecular formula is C20H36IN5O2S. The summed E-state index contributed by atoms with van der Waals surface area (Å²) in [6.45, 7) is 9.19. The Hall–Kier alpha value is -0.910. The first-order valence-electron chi connectivity index (χ1n) is 10.1. The Labute approximate surface area is 193 Å². The molecule has 1 heterocycles. The molecule has 1 aliphatic heterocycles. The number of benzene rings is 1. The lowest BCUT2D eigenvalue weighted by atomic mass is 10.2. The summed E-state index contributed by atoms with van der Waals surface area (Å²) in [5.41, 5.74) is 1.32. The molecule has 1 saturated heterocycles. The number of likely N-dealkylation sites (tertiary alicyclic amines) is 1. The molecular weight excluding hydrogens is 501 g/mol. The SMILES string of the molecule is CCN(CC)S(=O)(=O)CCNC(=NC)NC1CC(C)N(Cc2ccccc2)C1.I. The van der Waals surface area contributed by atoms with E-state index in [0.717, 1.165) is 19.5 Å². The zero-order valence-electron chi connectivity index (χ0n) is 18.0. The van der Waals surface area contributed by atoms with Gasteiger partial charge in [0.05, 0.1) is 5.75 Å². The first kappa shape index (κ1) is 26.1. The van der Waals surface area contributed by atoms with Gasteiger partial charge >= 0.3 is 0 Å². The number of nitrogens with one attached hydrogen (secondary N) is 2. The second kappa shape index (κ2) is 12.7. The fourth-order valence-corrected chi connectivity index (χ4v) is 5.08. The van der Waals surface area contributed by atoms with E-state index >= 15 is 0 Å². The molecule has 29 heavy (non-hydrogen) atoms. The molecule has 0 bridgehead atoms. The fourth-order valence-electron chi connectivity index (χ4n) is 3.67. The van der Waals surface area contributed by atoms with Gasteiger partial charge in [0.15, 0.2) is 5.96 Å². The number of nitrogens with zero attached hydrogens (tertiary/aromatic N) is 3. The highest BCUT2D eigenvalue weighted by Gasteiger charge is 2.29. The zero-order chi connectivity index (χ0) is 20.6. The number of aliphatic imine (C=N–C) groups is 1. The molecule has 1 aromatic rings. The lowest BCUT2D eigenvalue weighted by molar-refractivity contribution is 0.258. The number of hydrogen-bond donors (Lipinski definition) is 2. The normalized spacial score (nSPS) is 20.5. The highest BCUT2D eigenvalue weighted by molar-refractivity contribution is 14.0. The van der Waals surface area contributed by atoms with Gasteiger partial charge < -0.3 is 10.6 Å². The molecule has 0 spiro atoms. The fraction of sp³-hybridized carbons (Fsp3) is 0.650. The summed E-state index contributed by atoms with van der Waals surface area (Å²) in [4.78, 5) is 6.72. The minimum absolute atomic E-state index is 0. The number of hydrogen-bond acceptors (Lipinski definition) is 4. The van der Waals surface area contributed by atoms with Crippen LogP contribution in [0.1, 0.15) is 32.8 Å². The van der Waals surface area contributed by atoms with Crippen LogP contribution in [0.3, 0.4) is 0 Å². The Morgan fingerprint density at radius 2 is 1.90 bits per heavy atom. The summed E-state index contributed by atoms with van der Waals surface area (Å²) < 4.78 is 26.1. The molecule has 166 valence electrons. The summed E-state index contributed by atoms with van der Waals surface area (Å²) in [6, 6.07) is 11.3. The molecule has 0 aliphatic carbocycles. The Bertz CT molecular complexity index is 726. The Balaban J connectivity index is 0.00000420. The van der Waals surface area contributed by atoms with Crippen LogP contribution in [-0.2, 0) is 16.6 Å². The molecule has 2 unspecified atom stereocenters. The molecule has 1 aliphatic rings. The third-order valence-electron chi connectivity index (χ3n) is 5.25. The first-order valence-corrected chi connectivity index (χ1v) is 11.7. The van der Waals surface area contributed by atoms with Crippen molar-refractivity contribution >= 4 is 40.0 Å². The quantitative estimate of drug-likeness (QED) is 0.287. The average Bonchev–Trinajstić information content (AvgIpc) is 3.01. The van der Waals surface area contributed by atoms with Crippen molar-refractivity contribution in [3.63, 3.8) is 0 Å². The average molecular weight is 538 g/mol. The zero-order valence-corrected chi connectivity index (χ0v) is 21.1. The molecule has 0 amide bonds. The van der Waals surface area contributed by atoms with E-state index in [1.807, 2.05) is 19.9 Å². The molecule has 2 atom stereocenters. The molecule has 0 saturated carbocycles. The standard InChI is InChI=1S/C20H35N5O2S.HI/c1-5-25(6-2)28(26,27)13-12-22-20(21-4)23-19-14-17(3)24(16-19)15-18-10-8-7-9-11-18;/h7-11,17,19H,5-6,12-16H2,1-4H3,(H2,21,22,23);1H. The van der Waals surface area contributed by atoms with Crippen molar-refractivity contribution in [3.8, 4) is 0 Å². The molecule has 1 fully saturated rings. The van der Waals surface area contributed by atoms with Gasteiger partial charge in [0.2, 0.25) is 10.0 Å². The lowest BCUT2D eigenvalue weighted by Crippen LogP contribution is -2.46. The van der Waals surface area contributed by atoms with Crippen molar-refractivity contribution < 1.29 is 8.42 Å². The van der Waals surface area contributed by atoms with Crippen LogP contribution in [0.5, 0.6) is 0 Å². The van der Waals surface area contributed by atoms with Gasteiger partial charge in [-0.05, 0) is 18.9 Å². The Morgan fingerprint density at radius 1 is 1.24 bits per heavy atom. The minimum atomic E-state index is -3.23. The molecule has 2 N–H and O–H groups in total. The van der Waals surface area contributed by atoms with Gasteiger partial charge in [-0.3, -0.25) is 9.89 Å². The second-order valence-corrected chi connectivity index (χ2v) is 9.33. The van der Waals surface area contributed by atoms with Crippen LogP contribution >= 0.6 is 24.0 Å². The highest BCUT2D eigenvalue weighted by Crippen LogP contribution is 2.20. The number of rotatable bonds is 9. The van der Waals surface area contributed by atoms with Crippen LogP contribution in [0.2, 0.25) is 0 Å². The van der Waals surface area contributed by atoms with E-state index in [-0.39, 0.29) is 29.7 Å². The van der Waals surface area contributed by atoms with Gasteiger partial charge in [-0.25, -0.2) is 12.7 Å². The topological polar surface area (TPSA) is 77.0 Å². The Morgan fingerprint density at radius 3 is 2.48 bits per heavy atom. The number of guanidine groups is 1. The van der Waals surface area contributed by atoms with Gasteiger partial charge in [0, 0.05) is 51.9 Å². The maximum absolute atomic E-state index is 12.3. The van der Waals surface area contributed by atoms with Crippen molar-refractivity contribution in [2.45, 2.75) is 45.8 Å². The van der Waals surface area contributed by atoms with Gasteiger partial charge in [-0.15, -0.1) is 24.0 Å². The van der Waals surface area contributed by atoms with E-state index in [4.69, 9.17) is 0 Å². The number of sulfonamides is 1. The van der Waals surface area contributed by atoms with E-state index in [1.165, 1.54) is 9.87 Å². The molecule has 9 heteroatoms. The summed E-state index contributed by atoms with van der Waals surface area (Å²) >= 11 is 0. The van der Waals surface area contributed by atoms with Crippen LogP contribution in [-0.4, -0.2) is 74.6 Å². The van der Waals surface area contributed by atoms with Gasteiger partial charge in [-0.1, -0.05) is 44.2 Å². The second-order valence-electron chi connectivity index (χ2n) is 7.24. The summed E-state index contributed by atoms with van der Waals surface area (Å²) in [5.74, 6) is 0.727. The molecule has 0 radical (unpaired) electrons. The van der Waals surface area contributed by atoms with Crippen molar-refractivity contribution in [1.82, 2.24) is 19.8 Å². The van der Waals surface area contributed by atoms with Crippen LogP contribution in [0, 0.1) is 0 Å². The van der Waals surface area contributed by atoms with Gasteiger partial charge in [-0.2, -0.15) is 0 Å². The summed E-state index contributed by atoms with van der Waals surface area (Å²) in [7, 11) is -1.51. The van der Waals surface area contributed by atoms with E-state index in [1.54, 1.807) is 7.05 Å². The van der Waals surface area contributed by atoms with Crippen molar-refractivity contribution in [2.24, 2.45) is 4.99 Å². The Kier molecular flexibility index (Phi) is 11.4. The van der Waals surface area contributed by atoms with Crippen LogP contribution in [0.4, 0.5) is 0 Å². The van der Waals surface area contributed by atoms with Gasteiger partial charge in [0.25, 0.3) is 0 Å². The summed E-state index contributed by atoms with van der Waals surface area (Å²) in [6.07, 6.45) is 1.03. The predicted octanol–water partition coefficient (Wildman–Crippen LogP) is 2.10. The van der Waals surface area contributed by atoms with Crippen molar-refractivity contribution in [1.29, 1.82) is 0 Å². The van der Waals surface area contributed by atoms with E-state index in [0.29, 0.717) is 37.7 Å². The molecule has 7 nitrogen and oxygen atoms in total. The van der Waals surface area contributed by atoms with E-state index < -0.39 is 10.0 Å². The maximum Gasteiger partial charge on any atom is 0.215 e. The van der Waals surface area contributed by atoms with Crippen LogP contribution in [0.15, 0.2) is 35.3 Å². The lowest BCUT2D eigenvalue weighted by Gasteiger charge is -2.21. The molecule has 1 aromatic carbocycles. The first-order chi connectivity index (χ1) is 13.4.